The van der Waals surface area contributed by atoms with Gasteiger partial charge in [0, 0.05) is 6.04 Å². The minimum absolute atomic E-state index is 0.0275. The van der Waals surface area contributed by atoms with Gasteiger partial charge >= 0.3 is 0 Å². The van der Waals surface area contributed by atoms with Crippen LogP contribution in [0.3, 0.4) is 0 Å². The highest BCUT2D eigenvalue weighted by atomic mass is 16.6. The number of carbonyl (C=O) groups excluding carboxylic acids is 1. The molecular weight excluding hydrogens is 260 g/mol. The number of nitrogens with two attached hydrogens (primary N) is 1. The van der Waals surface area contributed by atoms with Crippen molar-refractivity contribution < 1.29 is 9.72 Å². The molecule has 0 aliphatic heterocycles. The van der Waals surface area contributed by atoms with Crippen LogP contribution in [0.1, 0.15) is 43.0 Å². The van der Waals surface area contributed by atoms with Gasteiger partial charge in [-0.15, -0.1) is 0 Å². The first kappa shape index (κ1) is 14.2. The van der Waals surface area contributed by atoms with Crippen LogP contribution in [0.2, 0.25) is 0 Å². The summed E-state index contributed by atoms with van der Waals surface area (Å²) in [6.07, 6.45) is 5.22. The van der Waals surface area contributed by atoms with Crippen LogP contribution < -0.4 is 11.1 Å². The fourth-order valence-electron chi connectivity index (χ4n) is 2.57. The van der Waals surface area contributed by atoms with Crippen LogP contribution in [-0.4, -0.2) is 21.9 Å². The van der Waals surface area contributed by atoms with E-state index < -0.39 is 10.8 Å². The molecule has 0 saturated heterocycles. The van der Waals surface area contributed by atoms with E-state index in [1.54, 1.807) is 0 Å². The zero-order chi connectivity index (χ0) is 14.7. The molecule has 1 aliphatic rings. The van der Waals surface area contributed by atoms with Gasteiger partial charge in [0.1, 0.15) is 17.6 Å². The Morgan fingerprint density at radius 3 is 2.85 bits per heavy atom. The van der Waals surface area contributed by atoms with Crippen molar-refractivity contribution in [1.29, 1.82) is 0 Å². The maximum absolute atomic E-state index is 12.2. The summed E-state index contributed by atoms with van der Waals surface area (Å²) < 4.78 is 0. The van der Waals surface area contributed by atoms with Crippen molar-refractivity contribution in [3.05, 3.63) is 27.9 Å². The van der Waals surface area contributed by atoms with Crippen molar-refractivity contribution in [2.45, 2.75) is 38.6 Å². The molecule has 7 heteroatoms. The Balaban J connectivity index is 2.20. The Bertz CT molecular complexity index is 532. The summed E-state index contributed by atoms with van der Waals surface area (Å²) in [6.45, 7) is 2.08. The Kier molecular flexibility index (Phi) is 4.16. The molecule has 0 radical (unpaired) electrons. The summed E-state index contributed by atoms with van der Waals surface area (Å²) in [4.78, 5) is 26.2. The number of pyridine rings is 1. The monoisotopic (exact) mass is 278 g/mol. The van der Waals surface area contributed by atoms with E-state index in [0.717, 1.165) is 31.9 Å². The normalized spacial score (nSPS) is 22.2. The van der Waals surface area contributed by atoms with E-state index in [1.165, 1.54) is 6.07 Å². The van der Waals surface area contributed by atoms with E-state index in [-0.39, 0.29) is 23.1 Å². The standard InChI is InChI=1S/C13H18N4O3/c1-8-4-2-3-5-10(8)16-13(18)9-6-12(14)15-7-11(9)17(19)20/h6-8,10H,2-5H2,1H3,(H2,14,15)(H,16,18). The largest absolute Gasteiger partial charge is 0.384 e. The number of nitrogens with zero attached hydrogens (tertiary/aromatic N) is 2. The number of nitrogens with one attached hydrogen (secondary N) is 1. The van der Waals surface area contributed by atoms with Crippen molar-refractivity contribution in [3.63, 3.8) is 0 Å². The number of hydrogen-bond donors (Lipinski definition) is 2. The number of nitro groups is 1. The average molecular weight is 278 g/mol. The van der Waals surface area contributed by atoms with Gasteiger partial charge < -0.3 is 11.1 Å². The van der Waals surface area contributed by atoms with E-state index in [9.17, 15) is 14.9 Å². The third-order valence-electron chi connectivity index (χ3n) is 3.77. The molecule has 0 bridgehead atoms. The third-order valence-corrected chi connectivity index (χ3v) is 3.77. The smallest absolute Gasteiger partial charge is 0.300 e. The third kappa shape index (κ3) is 3.04. The highest BCUT2D eigenvalue weighted by Crippen LogP contribution is 2.25. The number of anilines is 1. The molecule has 2 atom stereocenters. The summed E-state index contributed by atoms with van der Waals surface area (Å²) in [5.74, 6) is 0.0212. The van der Waals surface area contributed by atoms with Crippen molar-refractivity contribution in [1.82, 2.24) is 10.3 Å². The maximum Gasteiger partial charge on any atom is 0.300 e. The molecule has 1 saturated carbocycles. The van der Waals surface area contributed by atoms with Gasteiger partial charge in [0.05, 0.1) is 4.92 Å². The molecule has 1 aromatic heterocycles. The minimum Gasteiger partial charge on any atom is -0.384 e. The van der Waals surface area contributed by atoms with Gasteiger partial charge in [-0.2, -0.15) is 0 Å². The Hall–Kier alpha value is -2.18. The van der Waals surface area contributed by atoms with E-state index in [0.29, 0.717) is 5.92 Å². The summed E-state index contributed by atoms with van der Waals surface area (Å²) >= 11 is 0. The molecule has 1 fully saturated rings. The van der Waals surface area contributed by atoms with Crippen molar-refractivity contribution >= 4 is 17.4 Å². The first-order valence-electron chi connectivity index (χ1n) is 6.70. The second-order valence-electron chi connectivity index (χ2n) is 5.23. The molecule has 1 aliphatic carbocycles. The van der Waals surface area contributed by atoms with Crippen LogP contribution in [0, 0.1) is 16.0 Å². The molecule has 0 spiro atoms. The van der Waals surface area contributed by atoms with Gasteiger partial charge in [-0.1, -0.05) is 19.8 Å². The van der Waals surface area contributed by atoms with Gasteiger partial charge in [-0.25, -0.2) is 4.98 Å². The van der Waals surface area contributed by atoms with Crippen molar-refractivity contribution in [3.8, 4) is 0 Å². The van der Waals surface area contributed by atoms with E-state index in [2.05, 4.69) is 17.2 Å². The summed E-state index contributed by atoms with van der Waals surface area (Å²) in [5, 5.41) is 13.8. The van der Waals surface area contributed by atoms with Crippen LogP contribution in [0.5, 0.6) is 0 Å². The quantitative estimate of drug-likeness (QED) is 0.647. The number of nitrogen functional groups attached to an aromatic ring is 1. The molecule has 1 amide bonds. The summed E-state index contributed by atoms with van der Waals surface area (Å²) in [7, 11) is 0. The van der Waals surface area contributed by atoms with E-state index in [4.69, 9.17) is 5.73 Å². The Morgan fingerprint density at radius 1 is 1.50 bits per heavy atom. The molecule has 1 aromatic rings. The lowest BCUT2D eigenvalue weighted by Gasteiger charge is -2.29. The number of amides is 1. The second-order valence-corrected chi connectivity index (χ2v) is 5.23. The molecule has 2 unspecified atom stereocenters. The topological polar surface area (TPSA) is 111 Å². The van der Waals surface area contributed by atoms with E-state index >= 15 is 0 Å². The summed E-state index contributed by atoms with van der Waals surface area (Å²) in [5.41, 5.74) is 5.17. The fourth-order valence-corrected chi connectivity index (χ4v) is 2.57. The zero-order valence-electron chi connectivity index (χ0n) is 11.3. The van der Waals surface area contributed by atoms with E-state index in [1.807, 2.05) is 0 Å². The van der Waals surface area contributed by atoms with Gasteiger partial charge in [-0.3, -0.25) is 14.9 Å². The number of hydrogen-bond acceptors (Lipinski definition) is 5. The van der Waals surface area contributed by atoms with Crippen LogP contribution in [0.4, 0.5) is 11.5 Å². The van der Waals surface area contributed by atoms with Crippen LogP contribution in [-0.2, 0) is 0 Å². The van der Waals surface area contributed by atoms with Crippen LogP contribution >= 0.6 is 0 Å². The lowest BCUT2D eigenvalue weighted by Crippen LogP contribution is -2.41. The number of carbonyl (C=O) groups is 1. The maximum atomic E-state index is 12.2. The lowest BCUT2D eigenvalue weighted by atomic mass is 9.86. The first-order chi connectivity index (χ1) is 9.49. The first-order valence-corrected chi connectivity index (χ1v) is 6.70. The Morgan fingerprint density at radius 2 is 2.20 bits per heavy atom. The Labute approximate surface area is 116 Å². The van der Waals surface area contributed by atoms with Crippen LogP contribution in [0.25, 0.3) is 0 Å². The average Bonchev–Trinajstić information content (AvgIpc) is 2.40. The van der Waals surface area contributed by atoms with Gasteiger partial charge in [-0.05, 0) is 24.8 Å². The molecule has 1 heterocycles. The molecule has 20 heavy (non-hydrogen) atoms. The molecule has 0 aromatic carbocycles. The van der Waals surface area contributed by atoms with Crippen LogP contribution in [0.15, 0.2) is 12.3 Å². The molecule has 3 N–H and O–H groups in total. The molecule has 108 valence electrons. The van der Waals surface area contributed by atoms with Gasteiger partial charge in [0.15, 0.2) is 0 Å². The van der Waals surface area contributed by atoms with Crippen molar-refractivity contribution in [2.75, 3.05) is 5.73 Å². The minimum atomic E-state index is -0.619. The van der Waals surface area contributed by atoms with Gasteiger partial charge in [0.2, 0.25) is 0 Å². The fraction of sp³-hybridized carbons (Fsp3) is 0.538. The highest BCUT2D eigenvalue weighted by molar-refractivity contribution is 5.98. The number of rotatable bonds is 3. The van der Waals surface area contributed by atoms with Crippen molar-refractivity contribution in [2.24, 2.45) is 5.92 Å². The second kappa shape index (κ2) is 5.85. The predicted molar refractivity (Wildman–Crippen MR) is 74.2 cm³/mol. The molecule has 2 rings (SSSR count). The summed E-state index contributed by atoms with van der Waals surface area (Å²) in [6, 6.07) is 1.31. The highest BCUT2D eigenvalue weighted by Gasteiger charge is 2.27. The zero-order valence-corrected chi connectivity index (χ0v) is 11.3. The predicted octanol–water partition coefficient (Wildman–Crippen LogP) is 1.88. The number of aromatic nitrogens is 1. The lowest BCUT2D eigenvalue weighted by molar-refractivity contribution is -0.385. The SMILES string of the molecule is CC1CCCCC1NC(=O)c1cc(N)ncc1[N+](=O)[O-]. The van der Waals surface area contributed by atoms with Gasteiger partial charge in [0.25, 0.3) is 11.6 Å². The molecule has 7 nitrogen and oxygen atoms in total. The molecular formula is C13H18N4O3.